The third kappa shape index (κ3) is 5.27. The number of esters is 1. The lowest BCUT2D eigenvalue weighted by atomic mass is 9.98. The summed E-state index contributed by atoms with van der Waals surface area (Å²) in [6.07, 6.45) is 5.03. The number of rotatable bonds is 7. The quantitative estimate of drug-likeness (QED) is 0.619. The fourth-order valence-corrected chi connectivity index (χ4v) is 2.88. The van der Waals surface area contributed by atoms with Crippen LogP contribution < -0.4 is 14.8 Å². The fraction of sp³-hybridized carbons (Fsp3) is 0.556. The standard InChI is InChI=1S/C18H25NO4/c1-3-12-22-15-8-10-16(11-9-15)23-18(21)17(19-13(2)20)14-6-4-5-7-14/h8-11,14,17H,3-7,12H2,1-2H3,(H,19,20). The van der Waals surface area contributed by atoms with Gasteiger partial charge in [-0.05, 0) is 49.4 Å². The van der Waals surface area contributed by atoms with E-state index in [1.54, 1.807) is 24.3 Å². The first-order valence-electron chi connectivity index (χ1n) is 8.31. The predicted molar refractivity (Wildman–Crippen MR) is 87.4 cm³/mol. The van der Waals surface area contributed by atoms with Crippen molar-refractivity contribution in [2.75, 3.05) is 6.61 Å². The zero-order valence-corrected chi connectivity index (χ0v) is 13.8. The van der Waals surface area contributed by atoms with Gasteiger partial charge < -0.3 is 14.8 Å². The summed E-state index contributed by atoms with van der Waals surface area (Å²) in [5.41, 5.74) is 0. The molecular weight excluding hydrogens is 294 g/mol. The third-order valence-electron chi connectivity index (χ3n) is 4.00. The van der Waals surface area contributed by atoms with Crippen LogP contribution in [0.15, 0.2) is 24.3 Å². The Bertz CT molecular complexity index is 520. The molecule has 0 spiro atoms. The Hall–Kier alpha value is -2.04. The number of amides is 1. The Labute approximate surface area is 137 Å². The first kappa shape index (κ1) is 17.3. The van der Waals surface area contributed by atoms with Crippen molar-refractivity contribution in [2.24, 2.45) is 5.92 Å². The highest BCUT2D eigenvalue weighted by atomic mass is 16.5. The van der Waals surface area contributed by atoms with Gasteiger partial charge in [-0.1, -0.05) is 19.8 Å². The van der Waals surface area contributed by atoms with Gasteiger partial charge in [0, 0.05) is 6.92 Å². The maximum absolute atomic E-state index is 12.4. The van der Waals surface area contributed by atoms with E-state index >= 15 is 0 Å². The van der Waals surface area contributed by atoms with E-state index < -0.39 is 12.0 Å². The van der Waals surface area contributed by atoms with Crippen molar-refractivity contribution in [2.45, 2.75) is 52.0 Å². The zero-order valence-electron chi connectivity index (χ0n) is 13.8. The van der Waals surface area contributed by atoms with Crippen molar-refractivity contribution in [1.29, 1.82) is 0 Å². The Balaban J connectivity index is 1.98. The molecule has 0 radical (unpaired) electrons. The number of nitrogens with one attached hydrogen (secondary N) is 1. The molecule has 1 unspecified atom stereocenters. The summed E-state index contributed by atoms with van der Waals surface area (Å²) in [4.78, 5) is 23.8. The van der Waals surface area contributed by atoms with Crippen LogP contribution in [0, 0.1) is 5.92 Å². The van der Waals surface area contributed by atoms with Gasteiger partial charge in [-0.3, -0.25) is 4.79 Å². The topological polar surface area (TPSA) is 64.6 Å². The van der Waals surface area contributed by atoms with Crippen LogP contribution in [0.2, 0.25) is 0 Å². The maximum atomic E-state index is 12.4. The number of carbonyl (C=O) groups is 2. The van der Waals surface area contributed by atoms with Gasteiger partial charge in [0.05, 0.1) is 6.61 Å². The first-order chi connectivity index (χ1) is 11.1. The van der Waals surface area contributed by atoms with Crippen molar-refractivity contribution < 1.29 is 19.1 Å². The third-order valence-corrected chi connectivity index (χ3v) is 4.00. The van der Waals surface area contributed by atoms with Crippen molar-refractivity contribution in [3.8, 4) is 11.5 Å². The molecule has 1 N–H and O–H groups in total. The van der Waals surface area contributed by atoms with Crippen molar-refractivity contribution in [3.63, 3.8) is 0 Å². The lowest BCUT2D eigenvalue weighted by Gasteiger charge is -2.22. The average Bonchev–Trinajstić information content (AvgIpc) is 3.05. The molecule has 0 bridgehead atoms. The minimum Gasteiger partial charge on any atom is -0.494 e. The summed E-state index contributed by atoms with van der Waals surface area (Å²) in [7, 11) is 0. The van der Waals surface area contributed by atoms with Crippen LogP contribution in [-0.2, 0) is 9.59 Å². The van der Waals surface area contributed by atoms with E-state index in [1.165, 1.54) is 6.92 Å². The van der Waals surface area contributed by atoms with Crippen LogP contribution in [0.3, 0.4) is 0 Å². The van der Waals surface area contributed by atoms with Crippen LogP contribution >= 0.6 is 0 Å². The molecule has 0 aromatic heterocycles. The van der Waals surface area contributed by atoms with Crippen molar-refractivity contribution >= 4 is 11.9 Å². The van der Waals surface area contributed by atoms with E-state index in [2.05, 4.69) is 5.32 Å². The molecule has 0 heterocycles. The molecule has 1 aromatic carbocycles. The lowest BCUT2D eigenvalue weighted by molar-refractivity contribution is -0.140. The van der Waals surface area contributed by atoms with Gasteiger partial charge in [0.2, 0.25) is 5.91 Å². The second kappa shape index (κ2) is 8.56. The Kier molecular flexibility index (Phi) is 6.44. The highest BCUT2D eigenvalue weighted by molar-refractivity contribution is 5.84. The van der Waals surface area contributed by atoms with Gasteiger partial charge in [-0.2, -0.15) is 0 Å². The highest BCUT2D eigenvalue weighted by Crippen LogP contribution is 2.29. The molecule has 0 aliphatic heterocycles. The summed E-state index contributed by atoms with van der Waals surface area (Å²) < 4.78 is 10.9. The van der Waals surface area contributed by atoms with Crippen molar-refractivity contribution in [1.82, 2.24) is 5.32 Å². The van der Waals surface area contributed by atoms with E-state index in [1.807, 2.05) is 6.92 Å². The van der Waals surface area contributed by atoms with Crippen LogP contribution in [0.5, 0.6) is 11.5 Å². The summed E-state index contributed by atoms with van der Waals surface area (Å²) in [6.45, 7) is 4.13. The minimum atomic E-state index is -0.564. The van der Waals surface area contributed by atoms with Crippen LogP contribution in [0.25, 0.3) is 0 Å². The Morgan fingerprint density at radius 1 is 1.17 bits per heavy atom. The van der Waals surface area contributed by atoms with Gasteiger partial charge in [0.1, 0.15) is 17.5 Å². The molecular formula is C18H25NO4. The van der Waals surface area contributed by atoms with Gasteiger partial charge in [0.25, 0.3) is 0 Å². The molecule has 2 rings (SSSR count). The number of carbonyl (C=O) groups excluding carboxylic acids is 2. The summed E-state index contributed by atoms with van der Waals surface area (Å²) in [5, 5.41) is 2.74. The monoisotopic (exact) mass is 319 g/mol. The second-order valence-corrected chi connectivity index (χ2v) is 5.96. The second-order valence-electron chi connectivity index (χ2n) is 5.96. The van der Waals surface area contributed by atoms with E-state index in [9.17, 15) is 9.59 Å². The smallest absolute Gasteiger partial charge is 0.334 e. The SMILES string of the molecule is CCCOc1ccc(OC(=O)C(NC(C)=O)C2CCCC2)cc1. The number of hydrogen-bond donors (Lipinski definition) is 1. The number of ether oxygens (including phenoxy) is 2. The van der Waals surface area contributed by atoms with Gasteiger partial charge >= 0.3 is 5.97 Å². The van der Waals surface area contributed by atoms with E-state index in [0.29, 0.717) is 12.4 Å². The molecule has 126 valence electrons. The van der Waals surface area contributed by atoms with Gasteiger partial charge in [-0.25, -0.2) is 4.79 Å². The molecule has 5 heteroatoms. The normalized spacial score (nSPS) is 15.9. The molecule has 1 aromatic rings. The highest BCUT2D eigenvalue weighted by Gasteiger charge is 2.32. The predicted octanol–water partition coefficient (Wildman–Crippen LogP) is 3.08. The van der Waals surface area contributed by atoms with E-state index in [-0.39, 0.29) is 11.8 Å². The first-order valence-corrected chi connectivity index (χ1v) is 8.31. The van der Waals surface area contributed by atoms with E-state index in [0.717, 1.165) is 37.9 Å². The molecule has 1 atom stereocenters. The molecule has 0 saturated heterocycles. The van der Waals surface area contributed by atoms with Gasteiger partial charge in [0.15, 0.2) is 0 Å². The Morgan fingerprint density at radius 2 is 1.78 bits per heavy atom. The summed E-state index contributed by atoms with van der Waals surface area (Å²) in [5.74, 6) is 0.781. The van der Waals surface area contributed by atoms with E-state index in [4.69, 9.17) is 9.47 Å². The van der Waals surface area contributed by atoms with Crippen molar-refractivity contribution in [3.05, 3.63) is 24.3 Å². The minimum absolute atomic E-state index is 0.165. The molecule has 1 saturated carbocycles. The zero-order chi connectivity index (χ0) is 16.7. The molecule has 1 aliphatic rings. The van der Waals surface area contributed by atoms with Gasteiger partial charge in [-0.15, -0.1) is 0 Å². The van der Waals surface area contributed by atoms with Crippen LogP contribution in [0.4, 0.5) is 0 Å². The summed E-state index contributed by atoms with van der Waals surface area (Å²) >= 11 is 0. The lowest BCUT2D eigenvalue weighted by Crippen LogP contribution is -2.46. The van der Waals surface area contributed by atoms with Crippen LogP contribution in [0.1, 0.15) is 46.0 Å². The molecule has 1 amide bonds. The summed E-state index contributed by atoms with van der Waals surface area (Å²) in [6, 6.07) is 6.42. The average molecular weight is 319 g/mol. The number of hydrogen-bond acceptors (Lipinski definition) is 4. The largest absolute Gasteiger partial charge is 0.494 e. The molecule has 1 aliphatic carbocycles. The molecule has 1 fully saturated rings. The Morgan fingerprint density at radius 3 is 2.35 bits per heavy atom. The molecule has 23 heavy (non-hydrogen) atoms. The fourth-order valence-electron chi connectivity index (χ4n) is 2.88. The molecule has 5 nitrogen and oxygen atoms in total. The maximum Gasteiger partial charge on any atom is 0.334 e. The number of benzene rings is 1. The van der Waals surface area contributed by atoms with Crippen LogP contribution in [-0.4, -0.2) is 24.5 Å².